The van der Waals surface area contributed by atoms with Crippen molar-refractivity contribution in [3.63, 3.8) is 0 Å². The molecule has 1 aliphatic rings. The maximum atomic E-state index is 12.5. The molecule has 0 aromatic carbocycles. The quantitative estimate of drug-likeness (QED) is 0.627. The van der Waals surface area contributed by atoms with Crippen LogP contribution in [-0.4, -0.2) is 42.8 Å². The third-order valence-electron chi connectivity index (χ3n) is 3.89. The third-order valence-corrected chi connectivity index (χ3v) is 3.89. The SMILES string of the molecule is CCCCOCCN1C(=O)C(CCCC)NC1C(C)C. The van der Waals surface area contributed by atoms with E-state index >= 15 is 0 Å². The second-order valence-corrected chi connectivity index (χ2v) is 6.05. The van der Waals surface area contributed by atoms with Crippen LogP contribution in [0.4, 0.5) is 0 Å². The van der Waals surface area contributed by atoms with E-state index in [0.717, 1.165) is 38.7 Å². The van der Waals surface area contributed by atoms with Gasteiger partial charge in [0.1, 0.15) is 0 Å². The number of nitrogens with one attached hydrogen (secondary N) is 1. The molecule has 0 radical (unpaired) electrons. The van der Waals surface area contributed by atoms with Crippen LogP contribution >= 0.6 is 0 Å². The lowest BCUT2D eigenvalue weighted by atomic mass is 10.1. The summed E-state index contributed by atoms with van der Waals surface area (Å²) in [5, 5.41) is 3.50. The molecule has 2 unspecified atom stereocenters. The highest BCUT2D eigenvalue weighted by molar-refractivity contribution is 5.84. The Morgan fingerprint density at radius 1 is 1.20 bits per heavy atom. The van der Waals surface area contributed by atoms with Gasteiger partial charge in [0.05, 0.1) is 18.8 Å². The Hall–Kier alpha value is -0.610. The maximum Gasteiger partial charge on any atom is 0.241 e. The van der Waals surface area contributed by atoms with E-state index in [1.807, 2.05) is 4.90 Å². The summed E-state index contributed by atoms with van der Waals surface area (Å²) in [6, 6.07) is 0.0120. The molecule has 118 valence electrons. The lowest BCUT2D eigenvalue weighted by Crippen LogP contribution is -2.43. The van der Waals surface area contributed by atoms with E-state index in [0.29, 0.717) is 19.1 Å². The molecular formula is C16H32N2O2. The van der Waals surface area contributed by atoms with Crippen LogP contribution in [0.15, 0.2) is 0 Å². The molecule has 0 aromatic heterocycles. The summed E-state index contributed by atoms with van der Waals surface area (Å²) in [4.78, 5) is 14.4. The van der Waals surface area contributed by atoms with Gasteiger partial charge in [0, 0.05) is 13.2 Å². The number of rotatable bonds is 10. The molecule has 0 bridgehead atoms. The van der Waals surface area contributed by atoms with Crippen molar-refractivity contribution in [3.05, 3.63) is 0 Å². The van der Waals surface area contributed by atoms with E-state index in [4.69, 9.17) is 4.74 Å². The predicted octanol–water partition coefficient (Wildman–Crippen LogP) is 2.78. The highest BCUT2D eigenvalue weighted by Crippen LogP contribution is 2.20. The number of carbonyl (C=O) groups is 1. The Bertz CT molecular complexity index is 282. The highest BCUT2D eigenvalue weighted by Gasteiger charge is 2.39. The Balaban J connectivity index is 2.45. The van der Waals surface area contributed by atoms with Gasteiger partial charge in [0.25, 0.3) is 0 Å². The molecule has 0 spiro atoms. The van der Waals surface area contributed by atoms with Gasteiger partial charge < -0.3 is 9.64 Å². The molecule has 1 rings (SSSR count). The second kappa shape index (κ2) is 9.35. The fraction of sp³-hybridized carbons (Fsp3) is 0.938. The molecular weight excluding hydrogens is 252 g/mol. The molecule has 0 aliphatic carbocycles. The zero-order chi connectivity index (χ0) is 15.0. The summed E-state index contributed by atoms with van der Waals surface area (Å²) in [6.07, 6.45) is 5.61. The first-order valence-corrected chi connectivity index (χ1v) is 8.26. The average molecular weight is 284 g/mol. The molecule has 4 heteroatoms. The van der Waals surface area contributed by atoms with Gasteiger partial charge in [-0.15, -0.1) is 0 Å². The monoisotopic (exact) mass is 284 g/mol. The molecule has 4 nitrogen and oxygen atoms in total. The van der Waals surface area contributed by atoms with Gasteiger partial charge in [0.15, 0.2) is 0 Å². The smallest absolute Gasteiger partial charge is 0.241 e. The average Bonchev–Trinajstić information content (AvgIpc) is 2.73. The normalized spacial score (nSPS) is 23.1. The Kier molecular flexibility index (Phi) is 8.15. The Morgan fingerprint density at radius 2 is 1.90 bits per heavy atom. The van der Waals surface area contributed by atoms with Crippen molar-refractivity contribution < 1.29 is 9.53 Å². The number of nitrogens with zero attached hydrogens (tertiary/aromatic N) is 1. The molecule has 1 N–H and O–H groups in total. The first-order valence-electron chi connectivity index (χ1n) is 8.26. The van der Waals surface area contributed by atoms with Gasteiger partial charge in [-0.25, -0.2) is 0 Å². The molecule has 1 saturated heterocycles. The molecule has 0 aromatic rings. The molecule has 1 heterocycles. The Morgan fingerprint density at radius 3 is 2.50 bits per heavy atom. The number of hydrogen-bond acceptors (Lipinski definition) is 3. The summed E-state index contributed by atoms with van der Waals surface area (Å²) in [5.41, 5.74) is 0. The van der Waals surface area contributed by atoms with Gasteiger partial charge in [-0.05, 0) is 18.8 Å². The van der Waals surface area contributed by atoms with Gasteiger partial charge in [0.2, 0.25) is 5.91 Å². The fourth-order valence-corrected chi connectivity index (χ4v) is 2.63. The maximum absolute atomic E-state index is 12.5. The minimum atomic E-state index is 0.0120. The third kappa shape index (κ3) is 5.06. The van der Waals surface area contributed by atoms with Crippen molar-refractivity contribution in [2.45, 2.75) is 72.0 Å². The Labute approximate surface area is 124 Å². The second-order valence-electron chi connectivity index (χ2n) is 6.05. The van der Waals surface area contributed by atoms with Gasteiger partial charge in [-0.3, -0.25) is 10.1 Å². The standard InChI is InChI=1S/C16H32N2O2/c1-5-7-9-14-16(19)18(15(17-14)13(3)4)10-12-20-11-8-6-2/h13-15,17H,5-12H2,1-4H3. The van der Waals surface area contributed by atoms with Crippen LogP contribution < -0.4 is 5.32 Å². The van der Waals surface area contributed by atoms with E-state index in [9.17, 15) is 4.79 Å². The summed E-state index contributed by atoms with van der Waals surface area (Å²) in [5.74, 6) is 0.692. The van der Waals surface area contributed by atoms with Crippen LogP contribution in [-0.2, 0) is 9.53 Å². The molecule has 0 saturated carbocycles. The molecule has 20 heavy (non-hydrogen) atoms. The van der Waals surface area contributed by atoms with Crippen molar-refractivity contribution in [2.24, 2.45) is 5.92 Å². The van der Waals surface area contributed by atoms with E-state index < -0.39 is 0 Å². The minimum Gasteiger partial charge on any atom is -0.380 e. The van der Waals surface area contributed by atoms with E-state index in [1.54, 1.807) is 0 Å². The molecule has 1 amide bonds. The van der Waals surface area contributed by atoms with Crippen LogP contribution in [0.1, 0.15) is 59.8 Å². The van der Waals surface area contributed by atoms with Crippen LogP contribution in [0.5, 0.6) is 0 Å². The van der Waals surface area contributed by atoms with E-state index in [-0.39, 0.29) is 18.1 Å². The number of hydrogen-bond donors (Lipinski definition) is 1. The predicted molar refractivity (Wildman–Crippen MR) is 82.5 cm³/mol. The number of unbranched alkanes of at least 4 members (excludes halogenated alkanes) is 2. The fourth-order valence-electron chi connectivity index (χ4n) is 2.63. The lowest BCUT2D eigenvalue weighted by molar-refractivity contribution is -0.131. The summed E-state index contributed by atoms with van der Waals surface area (Å²) >= 11 is 0. The first kappa shape index (κ1) is 17.4. The summed E-state index contributed by atoms with van der Waals surface area (Å²) < 4.78 is 5.61. The van der Waals surface area contributed by atoms with Crippen LogP contribution in [0.25, 0.3) is 0 Å². The molecule has 1 fully saturated rings. The van der Waals surface area contributed by atoms with Gasteiger partial charge in [-0.2, -0.15) is 0 Å². The van der Waals surface area contributed by atoms with Crippen molar-refractivity contribution in [3.8, 4) is 0 Å². The van der Waals surface area contributed by atoms with E-state index in [2.05, 4.69) is 33.0 Å². The first-order chi connectivity index (χ1) is 9.61. The van der Waals surface area contributed by atoms with Crippen LogP contribution in [0, 0.1) is 5.92 Å². The van der Waals surface area contributed by atoms with Crippen molar-refractivity contribution in [2.75, 3.05) is 19.8 Å². The van der Waals surface area contributed by atoms with Crippen LogP contribution in [0.2, 0.25) is 0 Å². The molecule has 2 atom stereocenters. The topological polar surface area (TPSA) is 41.6 Å². The largest absolute Gasteiger partial charge is 0.380 e. The summed E-state index contributed by atoms with van der Waals surface area (Å²) in [6.45, 7) is 10.8. The zero-order valence-electron chi connectivity index (χ0n) is 13.7. The van der Waals surface area contributed by atoms with Crippen molar-refractivity contribution >= 4 is 5.91 Å². The minimum absolute atomic E-state index is 0.0120. The van der Waals surface area contributed by atoms with E-state index in [1.165, 1.54) is 0 Å². The number of amides is 1. The lowest BCUT2D eigenvalue weighted by Gasteiger charge is -2.27. The number of carbonyl (C=O) groups excluding carboxylic acids is 1. The van der Waals surface area contributed by atoms with Gasteiger partial charge >= 0.3 is 0 Å². The van der Waals surface area contributed by atoms with Crippen molar-refractivity contribution in [1.82, 2.24) is 10.2 Å². The number of ether oxygens (including phenoxy) is 1. The van der Waals surface area contributed by atoms with Crippen molar-refractivity contribution in [1.29, 1.82) is 0 Å². The highest BCUT2D eigenvalue weighted by atomic mass is 16.5. The summed E-state index contributed by atoms with van der Waals surface area (Å²) in [7, 11) is 0. The molecule has 1 aliphatic heterocycles. The zero-order valence-corrected chi connectivity index (χ0v) is 13.7. The van der Waals surface area contributed by atoms with Crippen LogP contribution in [0.3, 0.4) is 0 Å². The van der Waals surface area contributed by atoms with Gasteiger partial charge in [-0.1, -0.05) is 47.0 Å².